The molecule has 2 atom stereocenters. The van der Waals surface area contributed by atoms with Crippen LogP contribution in [0, 0.1) is 11.8 Å². The Labute approximate surface area is 96.8 Å². The summed E-state index contributed by atoms with van der Waals surface area (Å²) >= 11 is 0. The van der Waals surface area contributed by atoms with Crippen molar-refractivity contribution >= 4 is 5.57 Å². The Kier molecular flexibility index (Phi) is 2.47. The van der Waals surface area contributed by atoms with Crippen LogP contribution < -0.4 is 0 Å². The van der Waals surface area contributed by atoms with Gasteiger partial charge in [-0.2, -0.15) is 0 Å². The van der Waals surface area contributed by atoms with Gasteiger partial charge in [0.25, 0.3) is 0 Å². The molecule has 0 bridgehead atoms. The van der Waals surface area contributed by atoms with Crippen LogP contribution in [0.5, 0.6) is 5.75 Å². The van der Waals surface area contributed by atoms with Crippen LogP contribution in [0.25, 0.3) is 5.57 Å². The largest absolute Gasteiger partial charge is 0.508 e. The van der Waals surface area contributed by atoms with Crippen molar-refractivity contribution in [3.63, 3.8) is 0 Å². The van der Waals surface area contributed by atoms with Crippen LogP contribution in [0.2, 0.25) is 0 Å². The van der Waals surface area contributed by atoms with Crippen molar-refractivity contribution in [2.24, 2.45) is 11.8 Å². The summed E-state index contributed by atoms with van der Waals surface area (Å²) in [4.78, 5) is 0. The van der Waals surface area contributed by atoms with Gasteiger partial charge in [0.1, 0.15) is 5.75 Å². The van der Waals surface area contributed by atoms with E-state index in [1.54, 1.807) is 12.1 Å². The van der Waals surface area contributed by atoms with E-state index in [0.717, 1.165) is 11.8 Å². The molecule has 1 aromatic rings. The lowest BCUT2D eigenvalue weighted by atomic mass is 9.77. The van der Waals surface area contributed by atoms with Crippen molar-refractivity contribution in [2.75, 3.05) is 0 Å². The number of phenols is 1. The molecule has 1 fully saturated rings. The number of allylic oxidation sites excluding steroid dienone is 2. The highest BCUT2D eigenvalue weighted by Crippen LogP contribution is 2.46. The van der Waals surface area contributed by atoms with Crippen LogP contribution >= 0.6 is 0 Å². The minimum atomic E-state index is 0.363. The quantitative estimate of drug-likeness (QED) is 0.749. The smallest absolute Gasteiger partial charge is 0.115 e. The van der Waals surface area contributed by atoms with Gasteiger partial charge in [0.2, 0.25) is 0 Å². The second-order valence-electron chi connectivity index (χ2n) is 5.09. The van der Waals surface area contributed by atoms with E-state index in [2.05, 4.69) is 18.2 Å². The van der Waals surface area contributed by atoms with Crippen LogP contribution in [0.4, 0.5) is 0 Å². The van der Waals surface area contributed by atoms with E-state index in [9.17, 15) is 5.11 Å². The molecule has 2 aliphatic rings. The first-order valence-electron chi connectivity index (χ1n) is 6.34. The fourth-order valence-corrected chi connectivity index (χ4v) is 3.31. The van der Waals surface area contributed by atoms with Crippen LogP contribution in [0.3, 0.4) is 0 Å². The average molecular weight is 214 g/mol. The highest BCUT2D eigenvalue weighted by atomic mass is 16.3. The summed E-state index contributed by atoms with van der Waals surface area (Å²) in [7, 11) is 0. The molecule has 0 aromatic heterocycles. The van der Waals surface area contributed by atoms with Gasteiger partial charge in [-0.3, -0.25) is 0 Å². The Morgan fingerprint density at radius 3 is 2.56 bits per heavy atom. The Balaban J connectivity index is 1.87. The van der Waals surface area contributed by atoms with Crippen LogP contribution in [-0.4, -0.2) is 5.11 Å². The lowest BCUT2D eigenvalue weighted by Gasteiger charge is -2.27. The fraction of sp³-hybridized carbons (Fsp3) is 0.467. The maximum atomic E-state index is 9.31. The Bertz CT molecular complexity index is 402. The van der Waals surface area contributed by atoms with E-state index in [1.807, 2.05) is 0 Å². The zero-order valence-corrected chi connectivity index (χ0v) is 9.52. The fourth-order valence-electron chi connectivity index (χ4n) is 3.31. The summed E-state index contributed by atoms with van der Waals surface area (Å²) in [6.07, 6.45) is 9.25. The molecule has 0 saturated heterocycles. The Hall–Kier alpha value is -1.24. The van der Waals surface area contributed by atoms with Crippen LogP contribution in [-0.2, 0) is 0 Å². The molecule has 1 nitrogen and oxygen atoms in total. The number of rotatable bonds is 1. The van der Waals surface area contributed by atoms with Crippen LogP contribution in [0.1, 0.15) is 37.7 Å². The van der Waals surface area contributed by atoms with Gasteiger partial charge in [0.05, 0.1) is 0 Å². The predicted octanol–water partition coefficient (Wildman–Crippen LogP) is 3.99. The number of aromatic hydroxyl groups is 1. The molecule has 84 valence electrons. The van der Waals surface area contributed by atoms with E-state index in [0.29, 0.717) is 5.75 Å². The van der Waals surface area contributed by atoms with E-state index in [4.69, 9.17) is 0 Å². The first kappa shape index (κ1) is 9.95. The number of hydrogen-bond acceptors (Lipinski definition) is 1. The standard InChI is InChI=1S/C15H18O/c16-13-8-5-12(6-9-13)15-10-7-11-3-1-2-4-14(11)15/h5-6,8-11,14,16H,1-4,7H2. The van der Waals surface area contributed by atoms with E-state index < -0.39 is 0 Å². The molecule has 2 aliphatic carbocycles. The van der Waals surface area contributed by atoms with Crippen molar-refractivity contribution in [3.8, 4) is 5.75 Å². The lowest BCUT2D eigenvalue weighted by Crippen LogP contribution is -2.15. The molecule has 1 N–H and O–H groups in total. The lowest BCUT2D eigenvalue weighted by molar-refractivity contribution is 0.311. The zero-order chi connectivity index (χ0) is 11.0. The highest BCUT2D eigenvalue weighted by Gasteiger charge is 2.31. The maximum Gasteiger partial charge on any atom is 0.115 e. The number of hydrogen-bond donors (Lipinski definition) is 1. The summed E-state index contributed by atoms with van der Waals surface area (Å²) in [6.45, 7) is 0. The second-order valence-corrected chi connectivity index (χ2v) is 5.09. The molecule has 1 heteroatoms. The van der Waals surface area contributed by atoms with Gasteiger partial charge in [0.15, 0.2) is 0 Å². The first-order valence-corrected chi connectivity index (χ1v) is 6.34. The molecule has 0 radical (unpaired) electrons. The first-order chi connectivity index (χ1) is 7.84. The van der Waals surface area contributed by atoms with E-state index in [1.165, 1.54) is 43.2 Å². The predicted molar refractivity (Wildman–Crippen MR) is 66.1 cm³/mol. The molecule has 16 heavy (non-hydrogen) atoms. The molecular weight excluding hydrogens is 196 g/mol. The van der Waals surface area contributed by atoms with E-state index in [-0.39, 0.29) is 0 Å². The topological polar surface area (TPSA) is 20.2 Å². The third kappa shape index (κ3) is 1.64. The zero-order valence-electron chi connectivity index (χ0n) is 9.52. The SMILES string of the molecule is Oc1ccc(C2=CCC3CCCCC23)cc1. The number of fused-ring (bicyclic) bond motifs is 1. The van der Waals surface area contributed by atoms with Gasteiger partial charge in [-0.1, -0.05) is 31.1 Å². The summed E-state index contributed by atoms with van der Waals surface area (Å²) in [5, 5.41) is 9.31. The molecule has 0 amide bonds. The average Bonchev–Trinajstić information content (AvgIpc) is 2.74. The highest BCUT2D eigenvalue weighted by molar-refractivity contribution is 5.70. The van der Waals surface area contributed by atoms with Gasteiger partial charge in [-0.05, 0) is 54.4 Å². The molecule has 3 rings (SSSR count). The van der Waals surface area contributed by atoms with Crippen molar-refractivity contribution in [2.45, 2.75) is 32.1 Å². The normalized spacial score (nSPS) is 28.6. The molecule has 0 spiro atoms. The van der Waals surface area contributed by atoms with Gasteiger partial charge in [-0.25, -0.2) is 0 Å². The number of phenolic OH excluding ortho intramolecular Hbond substituents is 1. The maximum absolute atomic E-state index is 9.31. The van der Waals surface area contributed by atoms with Crippen molar-refractivity contribution in [1.29, 1.82) is 0 Å². The summed E-state index contributed by atoms with van der Waals surface area (Å²) in [6, 6.07) is 7.70. The van der Waals surface area contributed by atoms with Gasteiger partial charge in [-0.15, -0.1) is 0 Å². The monoisotopic (exact) mass is 214 g/mol. The van der Waals surface area contributed by atoms with E-state index >= 15 is 0 Å². The molecule has 0 heterocycles. The molecule has 1 aromatic carbocycles. The van der Waals surface area contributed by atoms with Crippen LogP contribution in [0.15, 0.2) is 30.3 Å². The Morgan fingerprint density at radius 1 is 1.00 bits per heavy atom. The van der Waals surface area contributed by atoms with Gasteiger partial charge >= 0.3 is 0 Å². The van der Waals surface area contributed by atoms with Gasteiger partial charge in [0, 0.05) is 0 Å². The summed E-state index contributed by atoms with van der Waals surface area (Å²) in [5.41, 5.74) is 2.84. The molecule has 2 unspecified atom stereocenters. The minimum Gasteiger partial charge on any atom is -0.508 e. The molecular formula is C15H18O. The summed E-state index contributed by atoms with van der Waals surface area (Å²) in [5.74, 6) is 2.05. The Morgan fingerprint density at radius 2 is 1.75 bits per heavy atom. The van der Waals surface area contributed by atoms with Crippen molar-refractivity contribution < 1.29 is 5.11 Å². The molecule has 0 aliphatic heterocycles. The number of benzene rings is 1. The minimum absolute atomic E-state index is 0.363. The second kappa shape index (κ2) is 3.97. The third-order valence-corrected chi connectivity index (χ3v) is 4.15. The summed E-state index contributed by atoms with van der Waals surface area (Å²) < 4.78 is 0. The molecule has 1 saturated carbocycles. The van der Waals surface area contributed by atoms with Crippen molar-refractivity contribution in [3.05, 3.63) is 35.9 Å². The van der Waals surface area contributed by atoms with Crippen molar-refractivity contribution in [1.82, 2.24) is 0 Å². The third-order valence-electron chi connectivity index (χ3n) is 4.15. The van der Waals surface area contributed by atoms with Gasteiger partial charge < -0.3 is 5.11 Å².